The first kappa shape index (κ1) is 18.3. The number of hydrogen-bond donors (Lipinski definition) is 2. The molecule has 0 fully saturated rings. The van der Waals surface area contributed by atoms with E-state index < -0.39 is 6.03 Å². The van der Waals surface area contributed by atoms with Crippen LogP contribution in [-0.2, 0) is 5.41 Å². The number of hydrogen-bond acceptors (Lipinski definition) is 5. The molecule has 0 unspecified atom stereocenters. The molecule has 0 saturated heterocycles. The number of benzene rings is 1. The third kappa shape index (κ3) is 4.36. The minimum absolute atomic E-state index is 0.0135. The van der Waals surface area contributed by atoms with Crippen molar-refractivity contribution in [2.75, 3.05) is 10.6 Å². The molecule has 2 N–H and O–H groups in total. The van der Waals surface area contributed by atoms with Crippen molar-refractivity contribution in [3.63, 3.8) is 0 Å². The van der Waals surface area contributed by atoms with Gasteiger partial charge in [-0.3, -0.25) is 10.3 Å². The maximum Gasteiger partial charge on any atom is 0.325 e. The van der Waals surface area contributed by atoms with Crippen LogP contribution in [0.15, 0.2) is 42.7 Å². The Labute approximate surface area is 160 Å². The predicted molar refractivity (Wildman–Crippen MR) is 106 cm³/mol. The summed E-state index contributed by atoms with van der Waals surface area (Å²) in [6, 6.07) is 8.86. The Morgan fingerprint density at radius 1 is 1.08 bits per heavy atom. The van der Waals surface area contributed by atoms with Crippen molar-refractivity contribution < 1.29 is 4.79 Å². The monoisotopic (exact) mass is 387 g/mol. The van der Waals surface area contributed by atoms with Gasteiger partial charge in [0.05, 0.1) is 10.7 Å². The van der Waals surface area contributed by atoms with Crippen molar-refractivity contribution in [1.82, 2.24) is 15.2 Å². The number of anilines is 2. The zero-order valence-corrected chi connectivity index (χ0v) is 16.1. The summed E-state index contributed by atoms with van der Waals surface area (Å²) >= 11 is 7.57. The average Bonchev–Trinajstić information content (AvgIpc) is 3.05. The summed E-state index contributed by atoms with van der Waals surface area (Å²) in [5, 5.41) is 15.1. The van der Waals surface area contributed by atoms with Gasteiger partial charge >= 0.3 is 6.03 Å². The molecular weight excluding hydrogens is 370 g/mol. The highest BCUT2D eigenvalue weighted by Crippen LogP contribution is 2.30. The lowest BCUT2D eigenvalue weighted by molar-refractivity contribution is 0.262. The molecule has 0 bridgehead atoms. The summed E-state index contributed by atoms with van der Waals surface area (Å²) in [6.45, 7) is 6.32. The average molecular weight is 388 g/mol. The van der Waals surface area contributed by atoms with E-state index in [1.807, 2.05) is 24.3 Å². The highest BCUT2D eigenvalue weighted by molar-refractivity contribution is 7.18. The third-order valence-electron chi connectivity index (χ3n) is 3.66. The van der Waals surface area contributed by atoms with Crippen LogP contribution >= 0.6 is 22.9 Å². The van der Waals surface area contributed by atoms with Gasteiger partial charge in [-0.05, 0) is 35.2 Å². The third-order valence-corrected chi connectivity index (χ3v) is 4.86. The molecule has 8 heteroatoms. The summed E-state index contributed by atoms with van der Waals surface area (Å²) in [5.74, 6) is 0. The molecule has 0 aliphatic carbocycles. The molecule has 2 heterocycles. The molecule has 0 radical (unpaired) electrons. The van der Waals surface area contributed by atoms with Gasteiger partial charge in [0, 0.05) is 18.0 Å². The molecule has 1 aromatic carbocycles. The summed E-state index contributed by atoms with van der Waals surface area (Å²) < 4.78 is 0. The van der Waals surface area contributed by atoms with Gasteiger partial charge in [-0.25, -0.2) is 4.79 Å². The molecular formula is C18H18ClN5OS. The number of nitrogens with zero attached hydrogens (tertiary/aromatic N) is 3. The maximum atomic E-state index is 12.2. The molecule has 2 aromatic heterocycles. The molecule has 3 aromatic rings. The molecule has 2 amide bonds. The van der Waals surface area contributed by atoms with E-state index in [0.29, 0.717) is 20.8 Å². The van der Waals surface area contributed by atoms with Crippen molar-refractivity contribution in [1.29, 1.82) is 0 Å². The van der Waals surface area contributed by atoms with Crippen molar-refractivity contribution in [2.45, 2.75) is 26.2 Å². The lowest BCUT2D eigenvalue weighted by Gasteiger charge is -2.20. The van der Waals surface area contributed by atoms with Crippen LogP contribution in [0.2, 0.25) is 5.02 Å². The molecule has 0 aliphatic heterocycles. The van der Waals surface area contributed by atoms with Crippen LogP contribution in [0, 0.1) is 0 Å². The molecule has 0 aliphatic rings. The van der Waals surface area contributed by atoms with Crippen molar-refractivity contribution in [2.24, 2.45) is 0 Å². The molecule has 0 saturated carbocycles. The first-order chi connectivity index (χ1) is 12.3. The summed E-state index contributed by atoms with van der Waals surface area (Å²) in [7, 11) is 0. The highest BCUT2D eigenvalue weighted by atomic mass is 35.5. The second-order valence-electron chi connectivity index (χ2n) is 6.67. The minimum Gasteiger partial charge on any atom is -0.306 e. The van der Waals surface area contributed by atoms with E-state index in [1.54, 1.807) is 18.5 Å². The number of carbonyl (C=O) groups is 1. The summed E-state index contributed by atoms with van der Waals surface area (Å²) in [5.41, 5.74) is 2.52. The Balaban J connectivity index is 1.67. The quantitative estimate of drug-likeness (QED) is 0.647. The topological polar surface area (TPSA) is 79.8 Å². The minimum atomic E-state index is -0.423. The Morgan fingerprint density at radius 2 is 1.81 bits per heavy atom. The Hall–Kier alpha value is -2.51. The fraction of sp³-hybridized carbons (Fsp3) is 0.222. The van der Waals surface area contributed by atoms with E-state index in [4.69, 9.17) is 11.6 Å². The Morgan fingerprint density at radius 3 is 2.46 bits per heavy atom. The van der Waals surface area contributed by atoms with E-state index >= 15 is 0 Å². The lowest BCUT2D eigenvalue weighted by atomic mass is 9.87. The largest absolute Gasteiger partial charge is 0.325 e. The van der Waals surface area contributed by atoms with E-state index in [0.717, 1.165) is 11.1 Å². The Bertz CT molecular complexity index is 921. The van der Waals surface area contributed by atoms with Gasteiger partial charge in [0.1, 0.15) is 5.01 Å². The number of aromatic nitrogens is 3. The fourth-order valence-electron chi connectivity index (χ4n) is 2.22. The second kappa shape index (κ2) is 7.39. The van der Waals surface area contributed by atoms with E-state index in [-0.39, 0.29) is 5.41 Å². The van der Waals surface area contributed by atoms with Crippen LogP contribution in [0.25, 0.3) is 10.6 Å². The number of carbonyl (C=O) groups excluding carboxylic acids is 1. The van der Waals surface area contributed by atoms with Crippen LogP contribution in [0.3, 0.4) is 0 Å². The SMILES string of the molecule is CC(C)(C)c1ccc(NC(=O)Nc2nnc(-c3ccncc3)s2)c(Cl)c1. The first-order valence-electron chi connectivity index (χ1n) is 7.95. The second-order valence-corrected chi connectivity index (χ2v) is 8.06. The van der Waals surface area contributed by atoms with Crippen LogP contribution in [0.1, 0.15) is 26.3 Å². The number of halogens is 1. The molecule has 134 valence electrons. The maximum absolute atomic E-state index is 12.2. The number of nitrogens with one attached hydrogen (secondary N) is 2. The first-order valence-corrected chi connectivity index (χ1v) is 9.14. The van der Waals surface area contributed by atoms with Gasteiger partial charge in [0.15, 0.2) is 0 Å². The number of pyridine rings is 1. The zero-order chi connectivity index (χ0) is 18.7. The van der Waals surface area contributed by atoms with E-state index in [9.17, 15) is 4.79 Å². The van der Waals surface area contributed by atoms with Crippen LogP contribution < -0.4 is 10.6 Å². The van der Waals surface area contributed by atoms with Gasteiger partial charge in [0.25, 0.3) is 0 Å². The summed E-state index contributed by atoms with van der Waals surface area (Å²) in [4.78, 5) is 16.2. The predicted octanol–water partition coefficient (Wildman–Crippen LogP) is 5.20. The number of amides is 2. The van der Waals surface area contributed by atoms with Gasteiger partial charge in [-0.1, -0.05) is 49.8 Å². The molecule has 6 nitrogen and oxygen atoms in total. The summed E-state index contributed by atoms with van der Waals surface area (Å²) in [6.07, 6.45) is 3.36. The number of urea groups is 1. The molecule has 26 heavy (non-hydrogen) atoms. The Kier molecular flexibility index (Phi) is 5.20. The fourth-order valence-corrected chi connectivity index (χ4v) is 3.19. The standard InChI is InChI=1S/C18H18ClN5OS/c1-18(2,3)12-4-5-14(13(19)10-12)21-16(25)22-17-24-23-15(26-17)11-6-8-20-9-7-11/h4-10H,1-3H3,(H2,21,22,24,25). The van der Waals surface area contributed by atoms with Crippen LogP contribution in [-0.4, -0.2) is 21.2 Å². The lowest BCUT2D eigenvalue weighted by Crippen LogP contribution is -2.20. The van der Waals surface area contributed by atoms with Gasteiger partial charge in [-0.2, -0.15) is 0 Å². The molecule has 0 atom stereocenters. The van der Waals surface area contributed by atoms with E-state index in [2.05, 4.69) is 46.6 Å². The van der Waals surface area contributed by atoms with E-state index in [1.165, 1.54) is 11.3 Å². The molecule has 3 rings (SSSR count). The van der Waals surface area contributed by atoms with Crippen molar-refractivity contribution in [3.8, 4) is 10.6 Å². The zero-order valence-electron chi connectivity index (χ0n) is 14.6. The van der Waals surface area contributed by atoms with Crippen molar-refractivity contribution in [3.05, 3.63) is 53.3 Å². The number of rotatable bonds is 3. The molecule has 0 spiro atoms. The van der Waals surface area contributed by atoms with Crippen molar-refractivity contribution >= 4 is 39.8 Å². The highest BCUT2D eigenvalue weighted by Gasteiger charge is 2.16. The smallest absolute Gasteiger partial charge is 0.306 e. The normalized spacial score (nSPS) is 11.2. The van der Waals surface area contributed by atoms with Gasteiger partial charge in [-0.15, -0.1) is 10.2 Å². The van der Waals surface area contributed by atoms with Crippen LogP contribution in [0.5, 0.6) is 0 Å². The van der Waals surface area contributed by atoms with Crippen LogP contribution in [0.4, 0.5) is 15.6 Å². The van der Waals surface area contributed by atoms with Gasteiger partial charge < -0.3 is 5.32 Å². The van der Waals surface area contributed by atoms with Gasteiger partial charge in [0.2, 0.25) is 5.13 Å².